The van der Waals surface area contributed by atoms with Crippen LogP contribution in [0.5, 0.6) is 5.75 Å². The third kappa shape index (κ3) is 3.74. The lowest BCUT2D eigenvalue weighted by Crippen LogP contribution is -2.42. The molecule has 17 heavy (non-hydrogen) atoms. The zero-order valence-corrected chi connectivity index (χ0v) is 11.1. The van der Waals surface area contributed by atoms with Gasteiger partial charge in [0.2, 0.25) is 5.91 Å². The third-order valence-electron chi connectivity index (χ3n) is 2.14. The molecule has 92 valence electrons. The number of carbonyl (C=O) groups excluding carboxylic acids is 2. The molecule has 0 aliphatic heterocycles. The van der Waals surface area contributed by atoms with Crippen molar-refractivity contribution in [1.29, 1.82) is 0 Å². The molecule has 0 aliphatic carbocycles. The molecule has 0 bridgehead atoms. The molecule has 0 aliphatic rings. The molecule has 6 heteroatoms. The molecule has 1 rings (SSSR count). The van der Waals surface area contributed by atoms with Gasteiger partial charge in [-0.1, -0.05) is 15.9 Å². The maximum atomic E-state index is 11.8. The summed E-state index contributed by atoms with van der Waals surface area (Å²) in [5, 5.41) is 2.48. The lowest BCUT2D eigenvalue weighted by atomic mass is 10.2. The first-order valence-electron chi connectivity index (χ1n) is 4.89. The van der Waals surface area contributed by atoms with Gasteiger partial charge >= 0.3 is 0 Å². The average molecular weight is 301 g/mol. The highest BCUT2D eigenvalue weighted by Gasteiger charge is 2.14. The van der Waals surface area contributed by atoms with E-state index in [-0.39, 0.29) is 5.91 Å². The van der Waals surface area contributed by atoms with E-state index in [0.717, 1.165) is 0 Å². The highest BCUT2D eigenvalue weighted by molar-refractivity contribution is 9.10. The van der Waals surface area contributed by atoms with Crippen LogP contribution in [0.4, 0.5) is 0 Å². The standard InChI is InChI=1S/C11H13BrN2O3/c1-6(10(13)15)14-11(16)7-3-8(12)5-9(4-7)17-2/h3-6H,1-2H3,(H2,13,15)(H,14,16)/t6-/m1/s1. The number of nitrogens with two attached hydrogens (primary N) is 1. The van der Waals surface area contributed by atoms with Gasteiger partial charge in [-0.2, -0.15) is 0 Å². The van der Waals surface area contributed by atoms with Crippen LogP contribution in [0.2, 0.25) is 0 Å². The second-order valence-corrected chi connectivity index (χ2v) is 4.39. The van der Waals surface area contributed by atoms with Crippen LogP contribution in [0.25, 0.3) is 0 Å². The molecule has 1 aromatic rings. The van der Waals surface area contributed by atoms with Gasteiger partial charge in [0, 0.05) is 10.0 Å². The third-order valence-corrected chi connectivity index (χ3v) is 2.60. The van der Waals surface area contributed by atoms with Gasteiger partial charge in [-0.3, -0.25) is 9.59 Å². The Morgan fingerprint density at radius 2 is 2.06 bits per heavy atom. The van der Waals surface area contributed by atoms with Gasteiger partial charge in [-0.05, 0) is 25.1 Å². The number of rotatable bonds is 4. The van der Waals surface area contributed by atoms with E-state index in [1.54, 1.807) is 18.2 Å². The number of amides is 2. The predicted octanol–water partition coefficient (Wildman–Crippen LogP) is 1.06. The topological polar surface area (TPSA) is 81.4 Å². The monoisotopic (exact) mass is 300 g/mol. The maximum Gasteiger partial charge on any atom is 0.252 e. The minimum absolute atomic E-state index is 0.379. The molecule has 5 nitrogen and oxygen atoms in total. The highest BCUT2D eigenvalue weighted by atomic mass is 79.9. The Labute approximate surface area is 107 Å². The molecular formula is C11H13BrN2O3. The number of hydrogen-bond acceptors (Lipinski definition) is 3. The van der Waals surface area contributed by atoms with Gasteiger partial charge in [0.15, 0.2) is 0 Å². The highest BCUT2D eigenvalue weighted by Crippen LogP contribution is 2.21. The first-order valence-corrected chi connectivity index (χ1v) is 5.68. The van der Waals surface area contributed by atoms with Crippen LogP contribution in [0.1, 0.15) is 17.3 Å². The molecular weight excluding hydrogens is 288 g/mol. The van der Waals surface area contributed by atoms with Crippen molar-refractivity contribution in [3.63, 3.8) is 0 Å². The van der Waals surface area contributed by atoms with E-state index in [4.69, 9.17) is 10.5 Å². The van der Waals surface area contributed by atoms with Gasteiger partial charge in [-0.25, -0.2) is 0 Å². The second-order valence-electron chi connectivity index (χ2n) is 3.48. The SMILES string of the molecule is COc1cc(Br)cc(C(=O)N[C@H](C)C(N)=O)c1. The van der Waals surface area contributed by atoms with Crippen molar-refractivity contribution in [2.45, 2.75) is 13.0 Å². The van der Waals surface area contributed by atoms with Crippen molar-refractivity contribution in [3.8, 4) is 5.75 Å². The number of nitrogens with one attached hydrogen (secondary N) is 1. The summed E-state index contributed by atoms with van der Waals surface area (Å²) in [5.41, 5.74) is 5.45. The van der Waals surface area contributed by atoms with Crippen molar-refractivity contribution in [2.75, 3.05) is 7.11 Å². The summed E-state index contributed by atoms with van der Waals surface area (Å²) in [6, 6.07) is 4.22. The summed E-state index contributed by atoms with van der Waals surface area (Å²) >= 11 is 3.27. The molecule has 0 saturated heterocycles. The summed E-state index contributed by atoms with van der Waals surface area (Å²) in [5.74, 6) is -0.410. The molecule has 0 fully saturated rings. The number of carbonyl (C=O) groups is 2. The fourth-order valence-electron chi connectivity index (χ4n) is 1.16. The lowest BCUT2D eigenvalue weighted by molar-refractivity contribution is -0.119. The van der Waals surface area contributed by atoms with E-state index < -0.39 is 11.9 Å². The van der Waals surface area contributed by atoms with Crippen LogP contribution in [0, 0.1) is 0 Å². The number of halogens is 1. The first-order chi connectivity index (χ1) is 7.93. The zero-order valence-electron chi connectivity index (χ0n) is 9.49. The number of primary amides is 1. The maximum absolute atomic E-state index is 11.8. The quantitative estimate of drug-likeness (QED) is 0.872. The predicted molar refractivity (Wildman–Crippen MR) is 66.8 cm³/mol. The van der Waals surface area contributed by atoms with Crippen molar-refractivity contribution < 1.29 is 14.3 Å². The molecule has 0 heterocycles. The Kier molecular flexibility index (Phi) is 4.51. The van der Waals surface area contributed by atoms with Crippen LogP contribution < -0.4 is 15.8 Å². The van der Waals surface area contributed by atoms with Crippen molar-refractivity contribution in [1.82, 2.24) is 5.32 Å². The molecule has 1 atom stereocenters. The average Bonchev–Trinajstić information content (AvgIpc) is 2.27. The molecule has 3 N–H and O–H groups in total. The van der Waals surface area contributed by atoms with E-state index in [2.05, 4.69) is 21.2 Å². The smallest absolute Gasteiger partial charge is 0.252 e. The van der Waals surface area contributed by atoms with Crippen LogP contribution >= 0.6 is 15.9 Å². The number of benzene rings is 1. The van der Waals surface area contributed by atoms with Gasteiger partial charge < -0.3 is 15.8 Å². The van der Waals surface area contributed by atoms with Gasteiger partial charge in [0.1, 0.15) is 11.8 Å². The summed E-state index contributed by atoms with van der Waals surface area (Å²) in [7, 11) is 1.51. The van der Waals surface area contributed by atoms with E-state index in [1.165, 1.54) is 14.0 Å². The number of hydrogen-bond donors (Lipinski definition) is 2. The summed E-state index contributed by atoms with van der Waals surface area (Å²) in [6.45, 7) is 1.52. The summed E-state index contributed by atoms with van der Waals surface area (Å²) in [6.07, 6.45) is 0. The summed E-state index contributed by atoms with van der Waals surface area (Å²) in [4.78, 5) is 22.6. The normalized spacial score (nSPS) is 11.7. The van der Waals surface area contributed by atoms with E-state index in [9.17, 15) is 9.59 Å². The number of methoxy groups -OCH3 is 1. The Hall–Kier alpha value is -1.56. The minimum Gasteiger partial charge on any atom is -0.497 e. The van der Waals surface area contributed by atoms with Crippen molar-refractivity contribution >= 4 is 27.7 Å². The first kappa shape index (κ1) is 13.5. The van der Waals surface area contributed by atoms with Gasteiger partial charge in [0.05, 0.1) is 7.11 Å². The Morgan fingerprint density at radius 1 is 1.41 bits per heavy atom. The largest absolute Gasteiger partial charge is 0.497 e. The Morgan fingerprint density at radius 3 is 2.59 bits per heavy atom. The zero-order chi connectivity index (χ0) is 13.0. The van der Waals surface area contributed by atoms with Crippen molar-refractivity contribution in [2.24, 2.45) is 5.73 Å². The van der Waals surface area contributed by atoms with Gasteiger partial charge in [-0.15, -0.1) is 0 Å². The lowest BCUT2D eigenvalue weighted by Gasteiger charge is -2.11. The minimum atomic E-state index is -0.715. The van der Waals surface area contributed by atoms with E-state index in [0.29, 0.717) is 15.8 Å². The van der Waals surface area contributed by atoms with Crippen molar-refractivity contribution in [3.05, 3.63) is 28.2 Å². The summed E-state index contributed by atoms with van der Waals surface area (Å²) < 4.78 is 5.75. The van der Waals surface area contributed by atoms with E-state index in [1.807, 2.05) is 0 Å². The van der Waals surface area contributed by atoms with Gasteiger partial charge in [0.25, 0.3) is 5.91 Å². The van der Waals surface area contributed by atoms with Crippen LogP contribution in [0.3, 0.4) is 0 Å². The Bertz CT molecular complexity index is 448. The van der Waals surface area contributed by atoms with E-state index >= 15 is 0 Å². The number of ether oxygens (including phenoxy) is 1. The second kappa shape index (κ2) is 5.67. The molecule has 0 unspecified atom stereocenters. The molecule has 0 aromatic heterocycles. The fraction of sp³-hybridized carbons (Fsp3) is 0.273. The Balaban J connectivity index is 2.88. The molecule has 0 spiro atoms. The molecule has 2 amide bonds. The fourth-order valence-corrected chi connectivity index (χ4v) is 1.64. The van der Waals surface area contributed by atoms with Crippen LogP contribution in [-0.2, 0) is 4.79 Å². The van der Waals surface area contributed by atoms with Crippen LogP contribution in [-0.4, -0.2) is 25.0 Å². The molecule has 1 aromatic carbocycles. The molecule has 0 radical (unpaired) electrons. The van der Waals surface area contributed by atoms with Crippen LogP contribution in [0.15, 0.2) is 22.7 Å². The molecule has 0 saturated carbocycles.